The summed E-state index contributed by atoms with van der Waals surface area (Å²) in [7, 11) is -0.753. The summed E-state index contributed by atoms with van der Waals surface area (Å²) in [4.78, 5) is 25.5. The van der Waals surface area contributed by atoms with Crippen LogP contribution in [0.1, 0.15) is 26.3 Å². The van der Waals surface area contributed by atoms with Gasteiger partial charge in [-0.1, -0.05) is 41.9 Å². The van der Waals surface area contributed by atoms with Crippen LogP contribution < -0.4 is 10.6 Å². The van der Waals surface area contributed by atoms with Crippen LogP contribution in [0.5, 0.6) is 0 Å². The molecule has 3 aromatic carbocycles. The van der Waals surface area contributed by atoms with Crippen LogP contribution in [-0.2, 0) is 10.0 Å². The number of amides is 1. The topological polar surface area (TPSA) is 95.6 Å². The lowest BCUT2D eigenvalue weighted by molar-refractivity contribution is 0.0976. The van der Waals surface area contributed by atoms with Crippen LogP contribution in [0, 0.1) is 0 Å². The fourth-order valence-electron chi connectivity index (χ4n) is 2.88. The minimum atomic E-state index is -3.60. The van der Waals surface area contributed by atoms with Gasteiger partial charge in [0.15, 0.2) is 10.9 Å². The number of carbonyl (C=O) groups excluding carboxylic acids is 2. The summed E-state index contributed by atoms with van der Waals surface area (Å²) in [6, 6.07) is 18.9. The van der Waals surface area contributed by atoms with Crippen molar-refractivity contribution in [1.82, 2.24) is 9.62 Å². The Labute approximate surface area is 202 Å². The third-order valence-corrected chi connectivity index (χ3v) is 6.90. The van der Waals surface area contributed by atoms with E-state index < -0.39 is 15.9 Å². The van der Waals surface area contributed by atoms with Gasteiger partial charge in [-0.2, -0.15) is 0 Å². The molecule has 0 saturated carbocycles. The summed E-state index contributed by atoms with van der Waals surface area (Å²) in [5.74, 6) is -0.793. The molecule has 2 N–H and O–H groups in total. The molecule has 0 spiro atoms. The van der Waals surface area contributed by atoms with Crippen LogP contribution in [-0.4, -0.2) is 43.6 Å². The number of carbonyl (C=O) groups is 2. The van der Waals surface area contributed by atoms with Crippen LogP contribution in [0.3, 0.4) is 0 Å². The van der Waals surface area contributed by atoms with Gasteiger partial charge in [0.05, 0.1) is 10.6 Å². The van der Waals surface area contributed by atoms with Gasteiger partial charge in [0, 0.05) is 35.8 Å². The molecule has 0 bridgehead atoms. The normalized spacial score (nSPS) is 11.2. The molecule has 0 saturated heterocycles. The Hall–Kier alpha value is -3.11. The lowest BCUT2D eigenvalue weighted by atomic mass is 10.0. The number of anilines is 1. The number of nitrogens with zero attached hydrogens (tertiary/aromatic N) is 1. The Balaban J connectivity index is 1.75. The van der Waals surface area contributed by atoms with Crippen LogP contribution >= 0.6 is 23.8 Å². The van der Waals surface area contributed by atoms with Crippen molar-refractivity contribution in [2.45, 2.75) is 4.90 Å². The van der Waals surface area contributed by atoms with E-state index in [4.69, 9.17) is 23.8 Å². The van der Waals surface area contributed by atoms with Gasteiger partial charge in [-0.25, -0.2) is 12.7 Å². The molecular weight excluding hydrogens is 482 g/mol. The van der Waals surface area contributed by atoms with E-state index in [-0.39, 0.29) is 21.4 Å². The zero-order chi connectivity index (χ0) is 24.2. The molecule has 0 aliphatic rings. The van der Waals surface area contributed by atoms with Crippen molar-refractivity contribution in [1.29, 1.82) is 0 Å². The van der Waals surface area contributed by atoms with E-state index in [2.05, 4.69) is 10.6 Å². The number of hydrogen-bond acceptors (Lipinski definition) is 5. The molecular formula is C23H20ClN3O4S2. The minimum absolute atomic E-state index is 0.0329. The second-order valence-electron chi connectivity index (χ2n) is 7.11. The molecule has 0 unspecified atom stereocenters. The molecule has 0 atom stereocenters. The third-order valence-electron chi connectivity index (χ3n) is 4.63. The van der Waals surface area contributed by atoms with E-state index in [0.717, 1.165) is 4.31 Å². The van der Waals surface area contributed by atoms with Crippen molar-refractivity contribution in [3.63, 3.8) is 0 Å². The summed E-state index contributed by atoms with van der Waals surface area (Å²) in [6.45, 7) is 0. The number of halogens is 1. The first-order valence-electron chi connectivity index (χ1n) is 9.64. The highest BCUT2D eigenvalue weighted by molar-refractivity contribution is 7.89. The van der Waals surface area contributed by atoms with E-state index >= 15 is 0 Å². The predicted octanol–water partition coefficient (Wildman–Crippen LogP) is 3.95. The molecule has 1 amide bonds. The van der Waals surface area contributed by atoms with Crippen molar-refractivity contribution in [2.75, 3.05) is 19.4 Å². The summed E-state index contributed by atoms with van der Waals surface area (Å²) in [5, 5.41) is 5.72. The molecule has 0 heterocycles. The van der Waals surface area contributed by atoms with Crippen molar-refractivity contribution in [3.8, 4) is 0 Å². The standard InChI is InChI=1S/C23H20ClN3O4S2/c1-27(2)33(30,31)18-11-8-16(9-12-18)22(29)26-23(32)25-20-13-10-17(24)14-19(20)21(28)15-6-4-3-5-7-15/h3-14H,1-2H3,(H2,25,26,29,32). The first-order chi connectivity index (χ1) is 15.6. The van der Waals surface area contributed by atoms with E-state index in [1.165, 1.54) is 44.4 Å². The molecule has 10 heteroatoms. The Kier molecular flexibility index (Phi) is 7.60. The first kappa shape index (κ1) is 24.5. The number of ketones is 1. The second-order valence-corrected chi connectivity index (χ2v) is 10.1. The fourth-order valence-corrected chi connectivity index (χ4v) is 4.15. The lowest BCUT2D eigenvalue weighted by Crippen LogP contribution is -2.34. The van der Waals surface area contributed by atoms with Gasteiger partial charge >= 0.3 is 0 Å². The molecule has 3 rings (SSSR count). The zero-order valence-corrected chi connectivity index (χ0v) is 20.1. The Bertz CT molecular complexity index is 1310. The first-order valence-corrected chi connectivity index (χ1v) is 11.9. The van der Waals surface area contributed by atoms with Crippen molar-refractivity contribution in [2.24, 2.45) is 0 Å². The summed E-state index contributed by atoms with van der Waals surface area (Å²) in [5.41, 5.74) is 1.37. The third kappa shape index (κ3) is 5.82. The summed E-state index contributed by atoms with van der Waals surface area (Å²) in [6.07, 6.45) is 0. The monoisotopic (exact) mass is 501 g/mol. The highest BCUT2D eigenvalue weighted by Gasteiger charge is 2.19. The van der Waals surface area contributed by atoms with Gasteiger partial charge in [-0.3, -0.25) is 14.9 Å². The smallest absolute Gasteiger partial charge is 0.257 e. The van der Waals surface area contributed by atoms with E-state index in [1.54, 1.807) is 42.5 Å². The van der Waals surface area contributed by atoms with Crippen LogP contribution in [0.4, 0.5) is 5.69 Å². The maximum atomic E-state index is 12.9. The highest BCUT2D eigenvalue weighted by Crippen LogP contribution is 2.24. The van der Waals surface area contributed by atoms with Crippen molar-refractivity contribution >= 4 is 56.3 Å². The van der Waals surface area contributed by atoms with Crippen LogP contribution in [0.2, 0.25) is 5.02 Å². The zero-order valence-electron chi connectivity index (χ0n) is 17.7. The fraction of sp³-hybridized carbons (Fsp3) is 0.0870. The molecule has 0 aromatic heterocycles. The molecule has 33 heavy (non-hydrogen) atoms. The van der Waals surface area contributed by atoms with Gasteiger partial charge in [-0.15, -0.1) is 0 Å². The van der Waals surface area contributed by atoms with Gasteiger partial charge < -0.3 is 5.32 Å². The predicted molar refractivity (Wildman–Crippen MR) is 132 cm³/mol. The number of benzene rings is 3. The molecule has 3 aromatic rings. The minimum Gasteiger partial charge on any atom is -0.332 e. The van der Waals surface area contributed by atoms with E-state index in [0.29, 0.717) is 21.8 Å². The van der Waals surface area contributed by atoms with Gasteiger partial charge in [0.2, 0.25) is 10.0 Å². The molecule has 0 aliphatic heterocycles. The Morgan fingerprint density at radius 1 is 0.909 bits per heavy atom. The van der Waals surface area contributed by atoms with Crippen LogP contribution in [0.15, 0.2) is 77.7 Å². The number of thiocarbonyl (C=S) groups is 1. The lowest BCUT2D eigenvalue weighted by Gasteiger charge is -2.14. The van der Waals surface area contributed by atoms with Crippen molar-refractivity contribution < 1.29 is 18.0 Å². The van der Waals surface area contributed by atoms with Gasteiger partial charge in [0.25, 0.3) is 5.91 Å². The number of hydrogen-bond donors (Lipinski definition) is 2. The SMILES string of the molecule is CN(C)S(=O)(=O)c1ccc(C(=O)NC(=S)Nc2ccc(Cl)cc2C(=O)c2ccccc2)cc1. The average molecular weight is 502 g/mol. The maximum absolute atomic E-state index is 12.9. The quantitative estimate of drug-likeness (QED) is 0.392. The molecule has 7 nitrogen and oxygen atoms in total. The second kappa shape index (κ2) is 10.2. The van der Waals surface area contributed by atoms with E-state index in [1.807, 2.05) is 0 Å². The molecule has 170 valence electrons. The van der Waals surface area contributed by atoms with Gasteiger partial charge in [-0.05, 0) is 54.7 Å². The largest absolute Gasteiger partial charge is 0.332 e. The number of sulfonamides is 1. The average Bonchev–Trinajstić information content (AvgIpc) is 2.80. The molecule has 0 radical (unpaired) electrons. The Morgan fingerprint density at radius 3 is 2.15 bits per heavy atom. The molecule has 0 fully saturated rings. The van der Waals surface area contributed by atoms with Gasteiger partial charge in [0.1, 0.15) is 0 Å². The van der Waals surface area contributed by atoms with Crippen LogP contribution in [0.25, 0.3) is 0 Å². The number of rotatable bonds is 6. The summed E-state index contributed by atoms with van der Waals surface area (Å²) < 4.78 is 25.4. The highest BCUT2D eigenvalue weighted by atomic mass is 35.5. The maximum Gasteiger partial charge on any atom is 0.257 e. The molecule has 0 aliphatic carbocycles. The summed E-state index contributed by atoms with van der Waals surface area (Å²) >= 11 is 11.3. The van der Waals surface area contributed by atoms with Crippen molar-refractivity contribution in [3.05, 3.63) is 94.5 Å². The van der Waals surface area contributed by atoms with E-state index in [9.17, 15) is 18.0 Å². The Morgan fingerprint density at radius 2 is 1.55 bits per heavy atom. The number of nitrogens with one attached hydrogen (secondary N) is 2.